The lowest BCUT2D eigenvalue weighted by Gasteiger charge is -2.07. The van der Waals surface area contributed by atoms with Gasteiger partial charge in [0.05, 0.1) is 12.3 Å². The smallest absolute Gasteiger partial charge is 0.411 e. The number of nitrogens with one attached hydrogen (secondary N) is 1. The molecule has 0 radical (unpaired) electrons. The predicted octanol–water partition coefficient (Wildman–Crippen LogP) is 2.13. The van der Waals surface area contributed by atoms with Crippen LogP contribution in [0.4, 0.5) is 14.9 Å². The Kier molecular flexibility index (Phi) is 4.51. The summed E-state index contributed by atoms with van der Waals surface area (Å²) in [5.41, 5.74) is 0.402. The molecule has 0 aliphatic heterocycles. The van der Waals surface area contributed by atoms with Gasteiger partial charge in [-0.05, 0) is 34.1 Å². The molecule has 15 heavy (non-hydrogen) atoms. The lowest BCUT2D eigenvalue weighted by molar-refractivity contribution is 0.131. The van der Waals surface area contributed by atoms with Crippen LogP contribution in [0.5, 0.6) is 0 Å². The number of hydrogen-bond acceptors (Lipinski definition) is 3. The van der Waals surface area contributed by atoms with Crippen LogP contribution < -0.4 is 5.32 Å². The molecule has 1 aromatic carbocycles. The molecular weight excluding hydrogens is 269 g/mol. The van der Waals surface area contributed by atoms with Gasteiger partial charge in [-0.3, -0.25) is 5.32 Å². The Morgan fingerprint density at radius 1 is 1.60 bits per heavy atom. The molecule has 1 amide bonds. The first-order chi connectivity index (χ1) is 7.13. The molecule has 0 unspecified atom stereocenters. The van der Waals surface area contributed by atoms with Crippen molar-refractivity contribution >= 4 is 27.7 Å². The Morgan fingerprint density at radius 3 is 2.93 bits per heavy atom. The minimum Gasteiger partial charge on any atom is -0.447 e. The summed E-state index contributed by atoms with van der Waals surface area (Å²) >= 11 is 3.08. The van der Waals surface area contributed by atoms with Gasteiger partial charge in [0.25, 0.3) is 0 Å². The third-order valence-corrected chi connectivity index (χ3v) is 2.15. The maximum Gasteiger partial charge on any atom is 0.411 e. The van der Waals surface area contributed by atoms with Crippen molar-refractivity contribution in [3.05, 3.63) is 28.5 Å². The SMILES string of the molecule is O=C(Nc1ccc(F)cc1Br)OCCO. The quantitative estimate of drug-likeness (QED) is 0.890. The Hall–Kier alpha value is -1.14. The largest absolute Gasteiger partial charge is 0.447 e. The molecule has 0 aliphatic rings. The van der Waals surface area contributed by atoms with Gasteiger partial charge < -0.3 is 9.84 Å². The fourth-order valence-electron chi connectivity index (χ4n) is 0.875. The lowest BCUT2D eigenvalue weighted by atomic mass is 10.3. The van der Waals surface area contributed by atoms with Gasteiger partial charge in [-0.1, -0.05) is 0 Å². The maximum atomic E-state index is 12.7. The highest BCUT2D eigenvalue weighted by atomic mass is 79.9. The van der Waals surface area contributed by atoms with Gasteiger partial charge in [-0.2, -0.15) is 0 Å². The van der Waals surface area contributed by atoms with E-state index in [2.05, 4.69) is 26.0 Å². The molecule has 0 spiro atoms. The Labute approximate surface area is 94.2 Å². The zero-order valence-corrected chi connectivity index (χ0v) is 9.25. The molecular formula is C9H9BrFNO3. The van der Waals surface area contributed by atoms with E-state index in [0.29, 0.717) is 10.2 Å². The molecule has 0 heterocycles. The summed E-state index contributed by atoms with van der Waals surface area (Å²) in [4.78, 5) is 11.0. The number of amides is 1. The van der Waals surface area contributed by atoms with Gasteiger partial charge in [0.15, 0.2) is 0 Å². The number of aliphatic hydroxyl groups is 1. The Balaban J connectivity index is 2.60. The molecule has 0 aliphatic carbocycles. The van der Waals surface area contributed by atoms with E-state index >= 15 is 0 Å². The molecule has 0 bridgehead atoms. The van der Waals surface area contributed by atoms with E-state index in [4.69, 9.17) is 5.11 Å². The van der Waals surface area contributed by atoms with E-state index < -0.39 is 11.9 Å². The van der Waals surface area contributed by atoms with E-state index in [0.717, 1.165) is 0 Å². The first-order valence-corrected chi connectivity index (χ1v) is 4.92. The number of anilines is 1. The molecule has 0 fully saturated rings. The molecule has 0 aromatic heterocycles. The third kappa shape index (κ3) is 3.85. The first-order valence-electron chi connectivity index (χ1n) is 4.13. The summed E-state index contributed by atoms with van der Waals surface area (Å²) in [6.45, 7) is -0.317. The van der Waals surface area contributed by atoms with Gasteiger partial charge in [-0.25, -0.2) is 9.18 Å². The highest BCUT2D eigenvalue weighted by Crippen LogP contribution is 2.22. The number of aliphatic hydroxyl groups excluding tert-OH is 1. The van der Waals surface area contributed by atoms with Gasteiger partial charge in [0.1, 0.15) is 12.4 Å². The van der Waals surface area contributed by atoms with Crippen molar-refractivity contribution in [2.45, 2.75) is 0 Å². The van der Waals surface area contributed by atoms with Gasteiger partial charge in [0, 0.05) is 4.47 Å². The highest BCUT2D eigenvalue weighted by molar-refractivity contribution is 9.10. The zero-order chi connectivity index (χ0) is 11.3. The van der Waals surface area contributed by atoms with Crippen LogP contribution >= 0.6 is 15.9 Å². The second kappa shape index (κ2) is 5.67. The minimum absolute atomic E-state index is 0.0787. The van der Waals surface area contributed by atoms with Crippen LogP contribution in [0.15, 0.2) is 22.7 Å². The number of halogens is 2. The average Bonchev–Trinajstić information content (AvgIpc) is 2.19. The number of benzene rings is 1. The number of carbonyl (C=O) groups excluding carboxylic acids is 1. The molecule has 1 aromatic rings. The van der Waals surface area contributed by atoms with Crippen LogP contribution in [0, 0.1) is 5.82 Å². The third-order valence-electron chi connectivity index (χ3n) is 1.49. The average molecular weight is 278 g/mol. The number of hydrogen-bond donors (Lipinski definition) is 2. The summed E-state index contributed by atoms with van der Waals surface area (Å²) in [5, 5.41) is 10.8. The van der Waals surface area contributed by atoms with Crippen molar-refractivity contribution in [3.8, 4) is 0 Å². The number of carbonyl (C=O) groups is 1. The predicted molar refractivity (Wildman–Crippen MR) is 56.2 cm³/mol. The van der Waals surface area contributed by atoms with Crippen LogP contribution in [-0.2, 0) is 4.74 Å². The standard InChI is InChI=1S/C9H9BrFNO3/c10-7-5-6(11)1-2-8(7)12-9(14)15-4-3-13/h1-2,5,13H,3-4H2,(H,12,14). The first kappa shape index (κ1) is 11.9. The molecule has 6 heteroatoms. The Morgan fingerprint density at radius 2 is 2.33 bits per heavy atom. The molecule has 82 valence electrons. The van der Waals surface area contributed by atoms with Gasteiger partial charge in [-0.15, -0.1) is 0 Å². The van der Waals surface area contributed by atoms with Crippen LogP contribution in [0.25, 0.3) is 0 Å². The monoisotopic (exact) mass is 277 g/mol. The van der Waals surface area contributed by atoms with Gasteiger partial charge >= 0.3 is 6.09 Å². The molecule has 0 saturated carbocycles. The summed E-state index contributed by atoms with van der Waals surface area (Å²) < 4.78 is 17.7. The normalized spacial score (nSPS) is 9.80. The van der Waals surface area contributed by atoms with E-state index in [1.54, 1.807) is 0 Å². The highest BCUT2D eigenvalue weighted by Gasteiger charge is 2.06. The molecule has 0 saturated heterocycles. The molecule has 1 rings (SSSR count). The van der Waals surface area contributed by atoms with Crippen molar-refractivity contribution in [2.75, 3.05) is 18.5 Å². The second-order valence-corrected chi connectivity index (χ2v) is 3.46. The summed E-state index contributed by atoms with van der Waals surface area (Å²) in [6, 6.07) is 3.84. The van der Waals surface area contributed by atoms with Crippen LogP contribution in [0.1, 0.15) is 0 Å². The van der Waals surface area contributed by atoms with Crippen LogP contribution in [-0.4, -0.2) is 24.4 Å². The zero-order valence-electron chi connectivity index (χ0n) is 7.67. The number of ether oxygens (including phenoxy) is 1. The van der Waals surface area contributed by atoms with Crippen molar-refractivity contribution in [1.82, 2.24) is 0 Å². The molecule has 2 N–H and O–H groups in total. The summed E-state index contributed by atoms with van der Waals surface area (Å²) in [5.74, 6) is -0.406. The second-order valence-electron chi connectivity index (χ2n) is 2.61. The summed E-state index contributed by atoms with van der Waals surface area (Å²) in [7, 11) is 0. The van der Waals surface area contributed by atoms with Gasteiger partial charge in [0.2, 0.25) is 0 Å². The van der Waals surface area contributed by atoms with Crippen LogP contribution in [0.3, 0.4) is 0 Å². The van der Waals surface area contributed by atoms with Crippen molar-refractivity contribution in [2.24, 2.45) is 0 Å². The van der Waals surface area contributed by atoms with Crippen molar-refractivity contribution < 1.29 is 19.0 Å². The fraction of sp³-hybridized carbons (Fsp3) is 0.222. The number of rotatable bonds is 3. The van der Waals surface area contributed by atoms with Crippen LogP contribution in [0.2, 0.25) is 0 Å². The Bertz CT molecular complexity index is 359. The molecule has 0 atom stereocenters. The van der Waals surface area contributed by atoms with E-state index in [9.17, 15) is 9.18 Å². The lowest BCUT2D eigenvalue weighted by Crippen LogP contribution is -2.16. The molecule has 4 nitrogen and oxygen atoms in total. The maximum absolute atomic E-state index is 12.7. The van der Waals surface area contributed by atoms with E-state index in [1.165, 1.54) is 18.2 Å². The summed E-state index contributed by atoms with van der Waals surface area (Å²) in [6.07, 6.45) is -0.698. The fourth-order valence-corrected chi connectivity index (χ4v) is 1.33. The van der Waals surface area contributed by atoms with Crippen molar-refractivity contribution in [3.63, 3.8) is 0 Å². The van der Waals surface area contributed by atoms with Crippen molar-refractivity contribution in [1.29, 1.82) is 0 Å². The topological polar surface area (TPSA) is 58.6 Å². The van der Waals surface area contributed by atoms with E-state index in [1.807, 2.05) is 0 Å². The minimum atomic E-state index is -0.698. The van der Waals surface area contributed by atoms with E-state index in [-0.39, 0.29) is 13.2 Å².